The number of anilines is 1. The highest BCUT2D eigenvalue weighted by atomic mass is 32.1. The monoisotopic (exact) mass is 310 g/mol. The fourth-order valence-electron chi connectivity index (χ4n) is 2.99. The summed E-state index contributed by atoms with van der Waals surface area (Å²) in [7, 11) is 0. The van der Waals surface area contributed by atoms with E-state index in [0.29, 0.717) is 13.1 Å². The molecule has 1 aromatic heterocycles. The van der Waals surface area contributed by atoms with Crippen LogP contribution in [0.4, 0.5) is 5.69 Å². The molecular weight excluding hydrogens is 284 g/mol. The van der Waals surface area contributed by atoms with Crippen LogP contribution in [0.5, 0.6) is 0 Å². The molecule has 1 amide bonds. The SMILES string of the molecule is CCC1CCC(O)(CNCc2sccc2NC(C)=O)CC1. The second kappa shape index (κ2) is 7.38. The van der Waals surface area contributed by atoms with Gasteiger partial charge in [-0.3, -0.25) is 4.79 Å². The first kappa shape index (κ1) is 16.5. The first-order valence-corrected chi connectivity index (χ1v) is 8.67. The van der Waals surface area contributed by atoms with Gasteiger partial charge < -0.3 is 15.7 Å². The molecule has 1 aliphatic carbocycles. The Labute approximate surface area is 131 Å². The van der Waals surface area contributed by atoms with Crippen molar-refractivity contribution in [2.75, 3.05) is 11.9 Å². The molecular formula is C16H26N2O2S. The summed E-state index contributed by atoms with van der Waals surface area (Å²) in [5.41, 5.74) is 0.318. The molecule has 5 heteroatoms. The number of carbonyl (C=O) groups excluding carboxylic acids is 1. The molecule has 0 bridgehead atoms. The highest BCUT2D eigenvalue weighted by Gasteiger charge is 2.32. The molecule has 0 spiro atoms. The fraction of sp³-hybridized carbons (Fsp3) is 0.688. The van der Waals surface area contributed by atoms with E-state index in [1.165, 1.54) is 13.3 Å². The Morgan fingerprint density at radius 2 is 2.19 bits per heavy atom. The Balaban J connectivity index is 1.79. The number of carbonyl (C=O) groups is 1. The van der Waals surface area contributed by atoms with Gasteiger partial charge in [0.1, 0.15) is 0 Å². The maximum absolute atomic E-state index is 11.1. The van der Waals surface area contributed by atoms with Crippen molar-refractivity contribution in [1.29, 1.82) is 0 Å². The molecule has 1 fully saturated rings. The number of hydrogen-bond acceptors (Lipinski definition) is 4. The second-order valence-electron chi connectivity index (χ2n) is 6.12. The standard InChI is InChI=1S/C16H26N2O2S/c1-3-13-4-7-16(20,8-5-13)11-17-10-15-14(6-9-21-15)18-12(2)19/h6,9,13,17,20H,3-5,7-8,10-11H2,1-2H3,(H,18,19). The Kier molecular flexibility index (Phi) is 5.79. The van der Waals surface area contributed by atoms with E-state index >= 15 is 0 Å². The summed E-state index contributed by atoms with van der Waals surface area (Å²) in [5.74, 6) is 0.736. The first-order chi connectivity index (χ1) is 10.0. The number of amides is 1. The van der Waals surface area contributed by atoms with Crippen molar-refractivity contribution in [2.24, 2.45) is 5.92 Å². The third-order valence-electron chi connectivity index (χ3n) is 4.41. The number of rotatable bonds is 6. The Morgan fingerprint density at radius 3 is 2.81 bits per heavy atom. The molecule has 118 valence electrons. The lowest BCUT2D eigenvalue weighted by atomic mass is 9.78. The summed E-state index contributed by atoms with van der Waals surface area (Å²) in [6.07, 6.45) is 5.26. The van der Waals surface area contributed by atoms with Crippen LogP contribution in [0.3, 0.4) is 0 Å². The van der Waals surface area contributed by atoms with E-state index in [1.807, 2.05) is 11.4 Å². The van der Waals surface area contributed by atoms with Crippen molar-refractivity contribution in [2.45, 2.75) is 58.1 Å². The van der Waals surface area contributed by atoms with E-state index in [1.54, 1.807) is 11.3 Å². The highest BCUT2D eigenvalue weighted by molar-refractivity contribution is 7.10. The fourth-order valence-corrected chi connectivity index (χ4v) is 3.79. The molecule has 0 aromatic carbocycles. The van der Waals surface area contributed by atoms with Crippen molar-refractivity contribution in [3.63, 3.8) is 0 Å². The summed E-state index contributed by atoms with van der Waals surface area (Å²) >= 11 is 1.62. The molecule has 2 rings (SSSR count). The minimum absolute atomic E-state index is 0.0498. The molecule has 0 aliphatic heterocycles. The molecule has 21 heavy (non-hydrogen) atoms. The van der Waals surface area contributed by atoms with Crippen LogP contribution in [-0.4, -0.2) is 23.2 Å². The van der Waals surface area contributed by atoms with Crippen LogP contribution in [0.25, 0.3) is 0 Å². The van der Waals surface area contributed by atoms with Gasteiger partial charge in [0.15, 0.2) is 0 Å². The molecule has 1 aliphatic rings. The van der Waals surface area contributed by atoms with Gasteiger partial charge in [-0.25, -0.2) is 0 Å². The quantitative estimate of drug-likeness (QED) is 0.756. The summed E-state index contributed by atoms with van der Waals surface area (Å²) in [6.45, 7) is 5.06. The predicted octanol–water partition coefficient (Wildman–Crippen LogP) is 3.13. The van der Waals surface area contributed by atoms with Gasteiger partial charge in [-0.1, -0.05) is 13.3 Å². The van der Waals surface area contributed by atoms with Crippen molar-refractivity contribution in [3.8, 4) is 0 Å². The van der Waals surface area contributed by atoms with Gasteiger partial charge in [0, 0.05) is 24.9 Å². The molecule has 0 radical (unpaired) electrons. The summed E-state index contributed by atoms with van der Waals surface area (Å²) in [5, 5.41) is 18.8. The van der Waals surface area contributed by atoms with Gasteiger partial charge in [-0.2, -0.15) is 0 Å². The van der Waals surface area contributed by atoms with Gasteiger partial charge >= 0.3 is 0 Å². The van der Waals surface area contributed by atoms with Crippen LogP contribution in [0.1, 0.15) is 50.8 Å². The van der Waals surface area contributed by atoms with E-state index in [-0.39, 0.29) is 5.91 Å². The predicted molar refractivity (Wildman–Crippen MR) is 87.5 cm³/mol. The Morgan fingerprint density at radius 1 is 1.48 bits per heavy atom. The minimum atomic E-state index is -0.558. The van der Waals surface area contributed by atoms with Crippen molar-refractivity contribution < 1.29 is 9.90 Å². The van der Waals surface area contributed by atoms with E-state index in [2.05, 4.69) is 17.6 Å². The lowest BCUT2D eigenvalue weighted by molar-refractivity contribution is -0.114. The second-order valence-corrected chi connectivity index (χ2v) is 7.12. The topological polar surface area (TPSA) is 61.4 Å². The van der Waals surface area contributed by atoms with Gasteiger partial charge in [0.05, 0.1) is 11.3 Å². The largest absolute Gasteiger partial charge is 0.389 e. The van der Waals surface area contributed by atoms with E-state index in [9.17, 15) is 9.90 Å². The van der Waals surface area contributed by atoms with E-state index in [0.717, 1.165) is 42.2 Å². The van der Waals surface area contributed by atoms with Crippen molar-refractivity contribution in [3.05, 3.63) is 16.3 Å². The summed E-state index contributed by atoms with van der Waals surface area (Å²) in [6, 6.07) is 1.92. The van der Waals surface area contributed by atoms with Crippen molar-refractivity contribution in [1.82, 2.24) is 5.32 Å². The van der Waals surface area contributed by atoms with Gasteiger partial charge in [-0.15, -0.1) is 11.3 Å². The zero-order valence-corrected chi connectivity index (χ0v) is 13.8. The number of aliphatic hydroxyl groups is 1. The first-order valence-electron chi connectivity index (χ1n) is 7.79. The average molecular weight is 310 g/mol. The minimum Gasteiger partial charge on any atom is -0.389 e. The summed E-state index contributed by atoms with van der Waals surface area (Å²) in [4.78, 5) is 12.2. The maximum Gasteiger partial charge on any atom is 0.221 e. The molecule has 1 heterocycles. The third kappa shape index (κ3) is 4.80. The van der Waals surface area contributed by atoms with Gasteiger partial charge in [-0.05, 0) is 43.0 Å². The Bertz CT molecular complexity index is 465. The number of hydrogen-bond donors (Lipinski definition) is 3. The lowest BCUT2D eigenvalue weighted by Crippen LogP contribution is -2.43. The molecule has 3 N–H and O–H groups in total. The zero-order valence-electron chi connectivity index (χ0n) is 12.9. The summed E-state index contributed by atoms with van der Waals surface area (Å²) < 4.78 is 0. The molecule has 1 aromatic rings. The molecule has 4 nitrogen and oxygen atoms in total. The normalized spacial score (nSPS) is 25.8. The molecule has 0 atom stereocenters. The van der Waals surface area contributed by atoms with Crippen LogP contribution in [0.2, 0.25) is 0 Å². The van der Waals surface area contributed by atoms with Crippen LogP contribution < -0.4 is 10.6 Å². The van der Waals surface area contributed by atoms with E-state index in [4.69, 9.17) is 0 Å². The van der Waals surface area contributed by atoms with Crippen LogP contribution in [-0.2, 0) is 11.3 Å². The lowest BCUT2D eigenvalue weighted by Gasteiger charge is -2.36. The Hall–Kier alpha value is -0.910. The van der Waals surface area contributed by atoms with Crippen LogP contribution in [0, 0.1) is 5.92 Å². The van der Waals surface area contributed by atoms with Gasteiger partial charge in [0.2, 0.25) is 5.91 Å². The molecule has 0 saturated heterocycles. The van der Waals surface area contributed by atoms with Gasteiger partial charge in [0.25, 0.3) is 0 Å². The average Bonchev–Trinajstić information content (AvgIpc) is 2.86. The zero-order chi connectivity index (χ0) is 15.3. The van der Waals surface area contributed by atoms with Crippen molar-refractivity contribution >= 4 is 22.9 Å². The maximum atomic E-state index is 11.1. The number of nitrogens with one attached hydrogen (secondary N) is 2. The molecule has 0 unspecified atom stereocenters. The van der Waals surface area contributed by atoms with E-state index < -0.39 is 5.60 Å². The number of thiophene rings is 1. The smallest absolute Gasteiger partial charge is 0.221 e. The third-order valence-corrected chi connectivity index (χ3v) is 5.33. The highest BCUT2D eigenvalue weighted by Crippen LogP contribution is 2.33. The van der Waals surface area contributed by atoms with Crippen LogP contribution in [0.15, 0.2) is 11.4 Å². The molecule has 1 saturated carbocycles. The van der Waals surface area contributed by atoms with Crippen LogP contribution >= 0.6 is 11.3 Å².